The lowest BCUT2D eigenvalue weighted by atomic mass is 10.2. The molecule has 1 aliphatic carbocycles. The number of carbonyl (C=O) groups excluding carboxylic acids is 1. The Hall–Kier alpha value is -1.75. The number of nitrogens with one attached hydrogen (secondary N) is 1. The summed E-state index contributed by atoms with van der Waals surface area (Å²) in [6.45, 7) is 4.66. The van der Waals surface area contributed by atoms with Crippen molar-refractivity contribution in [3.63, 3.8) is 0 Å². The van der Waals surface area contributed by atoms with Crippen molar-refractivity contribution in [2.45, 2.75) is 32.2 Å². The van der Waals surface area contributed by atoms with Crippen LogP contribution in [0.1, 0.15) is 26.2 Å². The second kappa shape index (κ2) is 7.01. The number of nitrogens with zero attached hydrogens (tertiary/aromatic N) is 1. The number of hydrogen-bond acceptors (Lipinski definition) is 3. The summed E-state index contributed by atoms with van der Waals surface area (Å²) in [5, 5.41) is 3.00. The van der Waals surface area contributed by atoms with Crippen molar-refractivity contribution < 1.29 is 14.3 Å². The molecule has 1 saturated carbocycles. The quantitative estimate of drug-likeness (QED) is 0.909. The summed E-state index contributed by atoms with van der Waals surface area (Å²) in [7, 11) is 0. The van der Waals surface area contributed by atoms with Gasteiger partial charge in [0, 0.05) is 6.54 Å². The van der Waals surface area contributed by atoms with E-state index in [0.29, 0.717) is 25.7 Å². The molecule has 1 unspecified atom stereocenters. The summed E-state index contributed by atoms with van der Waals surface area (Å²) >= 11 is 0. The van der Waals surface area contributed by atoms with E-state index in [-0.39, 0.29) is 12.1 Å². The van der Waals surface area contributed by atoms with Gasteiger partial charge in [-0.2, -0.15) is 0 Å². The number of hydrogen-bond donors (Lipinski definition) is 1. The van der Waals surface area contributed by atoms with Gasteiger partial charge >= 0.3 is 6.03 Å². The van der Waals surface area contributed by atoms with Gasteiger partial charge in [0.05, 0.1) is 31.5 Å². The highest BCUT2D eigenvalue weighted by Gasteiger charge is 2.27. The van der Waals surface area contributed by atoms with Gasteiger partial charge < -0.3 is 19.7 Å². The van der Waals surface area contributed by atoms with Crippen molar-refractivity contribution >= 4 is 11.7 Å². The van der Waals surface area contributed by atoms with E-state index < -0.39 is 0 Å². The molecule has 1 aliphatic heterocycles. The molecule has 5 nitrogen and oxygen atoms in total. The van der Waals surface area contributed by atoms with Crippen LogP contribution in [0.2, 0.25) is 0 Å². The van der Waals surface area contributed by atoms with E-state index in [0.717, 1.165) is 24.5 Å². The van der Waals surface area contributed by atoms with Crippen LogP contribution in [0, 0.1) is 5.92 Å². The van der Waals surface area contributed by atoms with Gasteiger partial charge in [-0.25, -0.2) is 4.79 Å². The molecule has 3 rings (SSSR count). The van der Waals surface area contributed by atoms with Gasteiger partial charge in [0.2, 0.25) is 0 Å². The average molecular weight is 304 g/mol. The van der Waals surface area contributed by atoms with Crippen LogP contribution in [-0.4, -0.2) is 43.3 Å². The fourth-order valence-electron chi connectivity index (χ4n) is 2.64. The molecule has 2 fully saturated rings. The molecule has 1 N–H and O–H groups in total. The lowest BCUT2D eigenvalue weighted by Crippen LogP contribution is -2.50. The molecule has 1 aromatic carbocycles. The SMILES string of the molecule is CCC1COCCN1C(=O)Nc1ccccc1OCC1CC1. The molecule has 2 amide bonds. The Kier molecular flexibility index (Phi) is 4.83. The number of amides is 2. The molecular weight excluding hydrogens is 280 g/mol. The van der Waals surface area contributed by atoms with Gasteiger partial charge in [0.1, 0.15) is 5.75 Å². The van der Waals surface area contributed by atoms with Crippen molar-refractivity contribution in [3.8, 4) is 5.75 Å². The van der Waals surface area contributed by atoms with Crippen LogP contribution in [-0.2, 0) is 4.74 Å². The van der Waals surface area contributed by atoms with E-state index in [9.17, 15) is 4.79 Å². The smallest absolute Gasteiger partial charge is 0.322 e. The van der Waals surface area contributed by atoms with E-state index in [2.05, 4.69) is 12.2 Å². The monoisotopic (exact) mass is 304 g/mol. The number of benzene rings is 1. The third-order valence-corrected chi connectivity index (χ3v) is 4.26. The molecule has 5 heteroatoms. The summed E-state index contributed by atoms with van der Waals surface area (Å²) in [5.41, 5.74) is 0.745. The molecule has 120 valence electrons. The molecule has 1 heterocycles. The lowest BCUT2D eigenvalue weighted by molar-refractivity contribution is 0.0143. The van der Waals surface area contributed by atoms with E-state index in [1.807, 2.05) is 29.2 Å². The molecule has 1 atom stereocenters. The predicted octanol–water partition coefficient (Wildman–Crippen LogP) is 3.12. The van der Waals surface area contributed by atoms with Gasteiger partial charge in [0.15, 0.2) is 0 Å². The maximum absolute atomic E-state index is 12.5. The Morgan fingerprint density at radius 3 is 3.00 bits per heavy atom. The van der Waals surface area contributed by atoms with Crippen molar-refractivity contribution in [1.82, 2.24) is 4.90 Å². The zero-order valence-corrected chi connectivity index (χ0v) is 13.1. The minimum atomic E-state index is -0.0716. The van der Waals surface area contributed by atoms with Crippen LogP contribution in [0.5, 0.6) is 5.75 Å². The molecule has 0 spiro atoms. The molecule has 22 heavy (non-hydrogen) atoms. The number of morpholine rings is 1. The van der Waals surface area contributed by atoms with E-state index in [1.54, 1.807) is 0 Å². The Balaban J connectivity index is 1.64. The topological polar surface area (TPSA) is 50.8 Å². The highest BCUT2D eigenvalue weighted by atomic mass is 16.5. The number of carbonyl (C=O) groups is 1. The Morgan fingerprint density at radius 2 is 2.23 bits per heavy atom. The first-order valence-corrected chi connectivity index (χ1v) is 8.15. The molecular formula is C17H24N2O3. The summed E-state index contributed by atoms with van der Waals surface area (Å²) in [6, 6.07) is 7.72. The Labute approximate surface area is 131 Å². The maximum Gasteiger partial charge on any atom is 0.322 e. The number of ether oxygens (including phenoxy) is 2. The van der Waals surface area contributed by atoms with Gasteiger partial charge in [-0.1, -0.05) is 19.1 Å². The van der Waals surface area contributed by atoms with Gasteiger partial charge in [-0.15, -0.1) is 0 Å². The largest absolute Gasteiger partial charge is 0.491 e. The third-order valence-electron chi connectivity index (χ3n) is 4.26. The average Bonchev–Trinajstić information content (AvgIpc) is 3.38. The van der Waals surface area contributed by atoms with Gasteiger partial charge in [0.25, 0.3) is 0 Å². The van der Waals surface area contributed by atoms with Crippen molar-refractivity contribution in [1.29, 1.82) is 0 Å². The number of para-hydroxylation sites is 2. The predicted molar refractivity (Wildman–Crippen MR) is 85.3 cm³/mol. The van der Waals surface area contributed by atoms with E-state index in [1.165, 1.54) is 12.8 Å². The summed E-state index contributed by atoms with van der Waals surface area (Å²) in [6.07, 6.45) is 3.40. The minimum absolute atomic E-state index is 0.0716. The maximum atomic E-state index is 12.5. The zero-order chi connectivity index (χ0) is 15.4. The standard InChI is InChI=1S/C17H24N2O3/c1-2-14-12-21-10-9-19(14)17(20)18-15-5-3-4-6-16(15)22-11-13-7-8-13/h3-6,13-14H,2,7-12H2,1H3,(H,18,20). The summed E-state index contributed by atoms with van der Waals surface area (Å²) in [5.74, 6) is 1.44. The first-order valence-electron chi connectivity index (χ1n) is 8.15. The highest BCUT2D eigenvalue weighted by molar-refractivity contribution is 5.91. The first kappa shape index (κ1) is 15.2. The molecule has 0 radical (unpaired) electrons. The van der Waals surface area contributed by atoms with Crippen molar-refractivity contribution in [2.75, 3.05) is 31.7 Å². The lowest BCUT2D eigenvalue weighted by Gasteiger charge is -2.35. The number of rotatable bonds is 5. The second-order valence-electron chi connectivity index (χ2n) is 6.01. The van der Waals surface area contributed by atoms with Crippen molar-refractivity contribution in [3.05, 3.63) is 24.3 Å². The number of anilines is 1. The van der Waals surface area contributed by atoms with Gasteiger partial charge in [-0.05, 0) is 37.3 Å². The fourth-order valence-corrected chi connectivity index (χ4v) is 2.64. The summed E-state index contributed by atoms with van der Waals surface area (Å²) in [4.78, 5) is 14.4. The molecule has 1 saturated heterocycles. The van der Waals surface area contributed by atoms with Gasteiger partial charge in [-0.3, -0.25) is 0 Å². The van der Waals surface area contributed by atoms with E-state index in [4.69, 9.17) is 9.47 Å². The van der Waals surface area contributed by atoms with Crippen LogP contribution < -0.4 is 10.1 Å². The van der Waals surface area contributed by atoms with Crippen LogP contribution in [0.3, 0.4) is 0 Å². The summed E-state index contributed by atoms with van der Waals surface area (Å²) < 4.78 is 11.3. The fraction of sp³-hybridized carbons (Fsp3) is 0.588. The van der Waals surface area contributed by atoms with Crippen LogP contribution in [0.4, 0.5) is 10.5 Å². The Morgan fingerprint density at radius 1 is 1.41 bits per heavy atom. The minimum Gasteiger partial charge on any atom is -0.491 e. The van der Waals surface area contributed by atoms with Crippen LogP contribution in [0.25, 0.3) is 0 Å². The molecule has 2 aliphatic rings. The molecule has 0 aromatic heterocycles. The first-order chi connectivity index (χ1) is 10.8. The number of urea groups is 1. The molecule has 1 aromatic rings. The van der Waals surface area contributed by atoms with Crippen LogP contribution in [0.15, 0.2) is 24.3 Å². The van der Waals surface area contributed by atoms with E-state index >= 15 is 0 Å². The Bertz CT molecular complexity index is 516. The molecule has 0 bridgehead atoms. The second-order valence-corrected chi connectivity index (χ2v) is 6.01. The highest BCUT2D eigenvalue weighted by Crippen LogP contribution is 2.31. The third kappa shape index (κ3) is 3.71. The van der Waals surface area contributed by atoms with Crippen molar-refractivity contribution in [2.24, 2.45) is 5.92 Å². The normalized spacial score (nSPS) is 21.5. The van der Waals surface area contributed by atoms with Crippen LogP contribution >= 0.6 is 0 Å². The zero-order valence-electron chi connectivity index (χ0n) is 13.1.